The summed E-state index contributed by atoms with van der Waals surface area (Å²) in [4.78, 5) is 10.5. The molecule has 0 spiro atoms. The second-order valence-electron chi connectivity index (χ2n) is 6.03. The zero-order chi connectivity index (χ0) is 27.1. The van der Waals surface area contributed by atoms with Crippen LogP contribution in [0.1, 0.15) is 12.8 Å². The van der Waals surface area contributed by atoms with E-state index in [0.717, 1.165) is 0 Å². The zero-order valence-electron chi connectivity index (χ0n) is 14.9. The summed E-state index contributed by atoms with van der Waals surface area (Å²) in [6.45, 7) is -1.36. The smallest absolute Gasteiger partial charge is 0.449 e. The Balaban J connectivity index is 6.24. The molecule has 0 saturated heterocycles. The van der Waals surface area contributed by atoms with Gasteiger partial charge >= 0.3 is 53.7 Å². The van der Waals surface area contributed by atoms with Crippen LogP contribution in [0.25, 0.3) is 0 Å². The van der Waals surface area contributed by atoms with Gasteiger partial charge in [0.15, 0.2) is 0 Å². The van der Waals surface area contributed by atoms with Crippen LogP contribution in [0, 0.1) is 0 Å². The normalized spacial score (nSPS) is 15.5. The van der Waals surface area contributed by atoms with Crippen LogP contribution in [0.4, 0.5) is 79.4 Å². The van der Waals surface area contributed by atoms with Gasteiger partial charge in [0.1, 0.15) is 0 Å². The Hall–Kier alpha value is -1.96. The average Bonchev–Trinajstić information content (AvgIpc) is 2.62. The van der Waals surface area contributed by atoms with Gasteiger partial charge in [0.25, 0.3) is 0 Å². The molecule has 0 atom stereocenters. The van der Waals surface area contributed by atoms with Gasteiger partial charge in [-0.25, -0.2) is 10.6 Å². The van der Waals surface area contributed by atoms with Gasteiger partial charge in [-0.3, -0.25) is 5.43 Å². The first kappa shape index (κ1) is 31.0. The topological polar surface area (TPSA) is 64.3 Å². The molecule has 0 radical (unpaired) electrons. The second kappa shape index (κ2) is 8.67. The lowest BCUT2D eigenvalue weighted by molar-refractivity contribution is -0.461. The van der Waals surface area contributed by atoms with E-state index in [9.17, 15) is 79.4 Å². The van der Waals surface area contributed by atoms with Crippen LogP contribution in [0.3, 0.4) is 0 Å². The molecule has 0 aromatic rings. The van der Waals surface area contributed by atoms with Gasteiger partial charge < -0.3 is 4.74 Å². The monoisotopic (exact) mass is 536 g/mol. The zero-order valence-corrected chi connectivity index (χ0v) is 14.9. The molecule has 33 heavy (non-hydrogen) atoms. The fraction of sp³-hybridized carbons (Fsp3) is 0.917. The van der Waals surface area contributed by atoms with E-state index in [1.165, 1.54) is 5.43 Å². The Morgan fingerprint density at radius 2 is 0.939 bits per heavy atom. The lowest BCUT2D eigenvalue weighted by atomic mass is 9.88. The van der Waals surface area contributed by atoms with Gasteiger partial charge in [-0.15, -0.1) is 0 Å². The Kier molecular flexibility index (Phi) is 8.16. The Bertz CT molecular complexity index is 703. The molecule has 1 amide bonds. The van der Waals surface area contributed by atoms with Crippen molar-refractivity contribution in [3.05, 3.63) is 0 Å². The Labute approximate surface area is 170 Å². The van der Waals surface area contributed by atoms with E-state index >= 15 is 0 Å². The highest BCUT2D eigenvalue weighted by atomic mass is 19.4. The maximum Gasteiger partial charge on any atom is 0.460 e. The highest BCUT2D eigenvalue weighted by Gasteiger charge is 2.95. The molecule has 0 aromatic heterocycles. The van der Waals surface area contributed by atoms with E-state index in [4.69, 9.17) is 0 Å². The summed E-state index contributed by atoms with van der Waals surface area (Å²) < 4.78 is 225. The minimum absolute atomic E-state index is 1.18. The number of carbonyl (C=O) groups excluding carboxylic acids is 1. The van der Waals surface area contributed by atoms with E-state index in [1.807, 2.05) is 0 Å². The van der Waals surface area contributed by atoms with Crippen molar-refractivity contribution in [2.45, 2.75) is 60.5 Å². The minimum atomic E-state index is -8.66. The number of ether oxygens (including phenoxy) is 1. The van der Waals surface area contributed by atoms with Crippen LogP contribution in [-0.4, -0.2) is 60.3 Å². The minimum Gasteiger partial charge on any atom is -0.449 e. The number of halogens is 17. The SMILES string of the molecule is NNC(=O)OCCCC(F)(F)C(F)(F)C(F)(F)C(F)(F)C(F)(F)C(F)(F)C(F)(F)C(F)(F)F. The number of carbonyl (C=O) groups is 1. The summed E-state index contributed by atoms with van der Waals surface area (Å²) in [5, 5.41) is 0. The first-order valence-corrected chi connectivity index (χ1v) is 7.55. The molecule has 3 N–H and O–H groups in total. The highest BCUT2D eigenvalue weighted by Crippen LogP contribution is 2.64. The van der Waals surface area contributed by atoms with Crippen molar-refractivity contribution in [1.82, 2.24) is 5.43 Å². The average molecular weight is 536 g/mol. The molecular weight excluding hydrogens is 527 g/mol. The van der Waals surface area contributed by atoms with Crippen molar-refractivity contribution in [1.29, 1.82) is 0 Å². The van der Waals surface area contributed by atoms with E-state index < -0.39 is 73.2 Å². The molecular formula is C12H9F17N2O2. The van der Waals surface area contributed by atoms with E-state index in [0.29, 0.717) is 0 Å². The van der Waals surface area contributed by atoms with Crippen molar-refractivity contribution in [2.24, 2.45) is 5.84 Å². The Morgan fingerprint density at radius 1 is 0.606 bits per heavy atom. The van der Waals surface area contributed by atoms with Crippen molar-refractivity contribution in [3.8, 4) is 0 Å². The standard InChI is InChI=1S/C12H9F17N2O2/c13-5(14,2-1-3-33-4(32)31-30)6(15,16)7(17,18)8(19,20)9(21,22)10(23,24)11(25,26)12(27,28)29/h1-3,30H2,(H,31,32). The third kappa shape index (κ3) is 4.68. The number of hydrogen-bond donors (Lipinski definition) is 2. The molecule has 0 heterocycles. The number of hydrogen-bond acceptors (Lipinski definition) is 3. The second-order valence-corrected chi connectivity index (χ2v) is 6.03. The fourth-order valence-electron chi connectivity index (χ4n) is 1.85. The number of nitrogens with one attached hydrogen (secondary N) is 1. The van der Waals surface area contributed by atoms with Gasteiger partial charge in [0, 0.05) is 6.42 Å². The molecule has 0 aromatic carbocycles. The molecule has 0 aliphatic carbocycles. The largest absolute Gasteiger partial charge is 0.460 e. The van der Waals surface area contributed by atoms with E-state index in [2.05, 4.69) is 10.6 Å². The van der Waals surface area contributed by atoms with Gasteiger partial charge in [-0.05, 0) is 6.42 Å². The maximum atomic E-state index is 13.5. The molecule has 21 heteroatoms. The van der Waals surface area contributed by atoms with Crippen molar-refractivity contribution < 1.29 is 84.2 Å². The predicted octanol–water partition coefficient (Wildman–Crippen LogP) is 5.38. The number of nitrogens with two attached hydrogens (primary N) is 1. The van der Waals surface area contributed by atoms with Crippen molar-refractivity contribution in [3.63, 3.8) is 0 Å². The van der Waals surface area contributed by atoms with Crippen LogP contribution in [0.5, 0.6) is 0 Å². The molecule has 0 fully saturated rings. The molecule has 0 aliphatic heterocycles. The van der Waals surface area contributed by atoms with E-state index in [-0.39, 0.29) is 0 Å². The first-order chi connectivity index (χ1) is 14.2. The van der Waals surface area contributed by atoms with Gasteiger partial charge in [-0.1, -0.05) is 0 Å². The van der Waals surface area contributed by atoms with Crippen LogP contribution >= 0.6 is 0 Å². The number of hydrazine groups is 1. The van der Waals surface area contributed by atoms with Crippen LogP contribution in [0.2, 0.25) is 0 Å². The molecule has 0 aliphatic rings. The molecule has 0 bridgehead atoms. The summed E-state index contributed by atoms with van der Waals surface area (Å²) in [7, 11) is 0. The molecule has 0 rings (SSSR count). The lowest BCUT2D eigenvalue weighted by Crippen LogP contribution is -2.74. The van der Waals surface area contributed by atoms with Gasteiger partial charge in [0.05, 0.1) is 6.61 Å². The summed E-state index contributed by atoms with van der Waals surface area (Å²) in [5.41, 5.74) is 1.18. The first-order valence-electron chi connectivity index (χ1n) is 7.55. The summed E-state index contributed by atoms with van der Waals surface area (Å²) in [5.74, 6) is -52.2. The fourth-order valence-corrected chi connectivity index (χ4v) is 1.85. The number of alkyl halides is 17. The molecule has 4 nitrogen and oxygen atoms in total. The van der Waals surface area contributed by atoms with Crippen LogP contribution in [0.15, 0.2) is 0 Å². The molecule has 198 valence electrons. The van der Waals surface area contributed by atoms with Crippen LogP contribution < -0.4 is 11.3 Å². The maximum absolute atomic E-state index is 13.5. The number of amides is 1. The molecule has 0 saturated carbocycles. The molecule has 0 unspecified atom stereocenters. The van der Waals surface area contributed by atoms with Crippen LogP contribution in [-0.2, 0) is 4.74 Å². The van der Waals surface area contributed by atoms with Crippen molar-refractivity contribution in [2.75, 3.05) is 6.61 Å². The summed E-state index contributed by atoms with van der Waals surface area (Å²) in [6, 6.07) is 0. The lowest BCUT2D eigenvalue weighted by Gasteiger charge is -2.42. The predicted molar refractivity (Wildman–Crippen MR) is 68.6 cm³/mol. The van der Waals surface area contributed by atoms with Gasteiger partial charge in [-0.2, -0.15) is 74.6 Å². The summed E-state index contributed by atoms with van der Waals surface area (Å²) in [6.07, 6.45) is -13.7. The third-order valence-corrected chi connectivity index (χ3v) is 3.77. The quantitative estimate of drug-likeness (QED) is 0.130. The van der Waals surface area contributed by atoms with Gasteiger partial charge in [0.2, 0.25) is 0 Å². The van der Waals surface area contributed by atoms with E-state index in [1.54, 1.807) is 0 Å². The van der Waals surface area contributed by atoms with Crippen molar-refractivity contribution >= 4 is 6.09 Å². The highest BCUT2D eigenvalue weighted by molar-refractivity contribution is 5.66. The third-order valence-electron chi connectivity index (χ3n) is 3.77. The number of rotatable bonds is 10. The summed E-state index contributed by atoms with van der Waals surface area (Å²) >= 11 is 0. The Morgan fingerprint density at radius 3 is 1.27 bits per heavy atom.